The zero-order valence-corrected chi connectivity index (χ0v) is 18.0. The van der Waals surface area contributed by atoms with E-state index < -0.39 is 0 Å². The molecule has 152 valence electrons. The Morgan fingerprint density at radius 1 is 1.13 bits per heavy atom. The minimum atomic E-state index is 0.451. The van der Waals surface area contributed by atoms with E-state index >= 15 is 0 Å². The summed E-state index contributed by atoms with van der Waals surface area (Å²) in [6.45, 7) is 0.454. The number of methoxy groups -OCH3 is 1. The van der Waals surface area contributed by atoms with Gasteiger partial charge in [0.05, 0.1) is 13.3 Å². The van der Waals surface area contributed by atoms with E-state index in [1.54, 1.807) is 29.3 Å². The van der Waals surface area contributed by atoms with E-state index in [0.717, 1.165) is 17.0 Å². The van der Waals surface area contributed by atoms with E-state index in [9.17, 15) is 0 Å². The number of nitrogens with zero attached hydrogens (tertiary/aromatic N) is 3. The highest BCUT2D eigenvalue weighted by Crippen LogP contribution is 2.28. The maximum Gasteiger partial charge on any atom is 0.216 e. The Bertz CT molecular complexity index is 1180. The molecule has 8 heteroatoms. The summed E-state index contributed by atoms with van der Waals surface area (Å²) in [5.74, 6) is 2.08. The summed E-state index contributed by atoms with van der Waals surface area (Å²) in [5.41, 5.74) is 1.95. The van der Waals surface area contributed by atoms with Crippen LogP contribution in [0.3, 0.4) is 0 Å². The molecule has 0 fully saturated rings. The molecule has 4 rings (SSSR count). The average molecular weight is 437 g/mol. The lowest BCUT2D eigenvalue weighted by molar-refractivity contribution is 0.284. The van der Waals surface area contributed by atoms with Gasteiger partial charge in [-0.25, -0.2) is 0 Å². The molecule has 30 heavy (non-hydrogen) atoms. The van der Waals surface area contributed by atoms with E-state index in [2.05, 4.69) is 21.4 Å². The maximum absolute atomic E-state index is 5.98. The lowest BCUT2D eigenvalue weighted by Crippen LogP contribution is -2.00. The van der Waals surface area contributed by atoms with Crippen LogP contribution in [-0.4, -0.2) is 28.2 Å². The molecule has 0 aliphatic rings. The second kappa shape index (κ2) is 9.51. The molecule has 0 unspecified atom stereocenters. The molecule has 0 saturated carbocycles. The zero-order valence-electron chi connectivity index (χ0n) is 16.3. The molecule has 0 amide bonds. The van der Waals surface area contributed by atoms with Crippen molar-refractivity contribution in [1.29, 1.82) is 0 Å². The van der Waals surface area contributed by atoms with Gasteiger partial charge in [0.25, 0.3) is 0 Å². The minimum Gasteiger partial charge on any atom is -0.493 e. The van der Waals surface area contributed by atoms with Gasteiger partial charge in [-0.2, -0.15) is 14.9 Å². The van der Waals surface area contributed by atoms with E-state index in [0.29, 0.717) is 29.3 Å². The fourth-order valence-electron chi connectivity index (χ4n) is 2.87. The van der Waals surface area contributed by atoms with Crippen molar-refractivity contribution in [2.24, 2.45) is 5.10 Å². The first-order valence-corrected chi connectivity index (χ1v) is 10.6. The number of rotatable bonds is 8. The van der Waals surface area contributed by atoms with Crippen molar-refractivity contribution < 1.29 is 9.47 Å². The summed E-state index contributed by atoms with van der Waals surface area (Å²) in [5, 5.41) is 13.7. The first kappa shape index (κ1) is 20.1. The van der Waals surface area contributed by atoms with Crippen molar-refractivity contribution in [3.63, 3.8) is 0 Å². The lowest BCUT2D eigenvalue weighted by atomic mass is 10.2. The number of aromatic amines is 1. The zero-order chi connectivity index (χ0) is 20.8. The summed E-state index contributed by atoms with van der Waals surface area (Å²) in [4.78, 5) is 1.20. The fraction of sp³-hybridized carbons (Fsp3) is 0.136. The van der Waals surface area contributed by atoms with Crippen molar-refractivity contribution in [2.75, 3.05) is 7.11 Å². The Balaban J connectivity index is 1.54. The smallest absolute Gasteiger partial charge is 0.216 e. The van der Waals surface area contributed by atoms with Crippen LogP contribution in [0.25, 0.3) is 0 Å². The van der Waals surface area contributed by atoms with E-state index in [1.165, 1.54) is 4.88 Å². The molecule has 0 radical (unpaired) electrons. The molecule has 0 bridgehead atoms. The highest BCUT2D eigenvalue weighted by molar-refractivity contribution is 7.71. The number of nitrogens with one attached hydrogen (secondary N) is 1. The topological polar surface area (TPSA) is 64.4 Å². The van der Waals surface area contributed by atoms with Crippen molar-refractivity contribution >= 4 is 29.8 Å². The third-order valence-corrected chi connectivity index (χ3v) is 5.52. The summed E-state index contributed by atoms with van der Waals surface area (Å²) in [7, 11) is 1.63. The van der Waals surface area contributed by atoms with Gasteiger partial charge in [-0.15, -0.1) is 11.3 Å². The van der Waals surface area contributed by atoms with Crippen molar-refractivity contribution in [3.8, 4) is 11.5 Å². The van der Waals surface area contributed by atoms with Gasteiger partial charge < -0.3 is 9.47 Å². The van der Waals surface area contributed by atoms with Gasteiger partial charge in [-0.3, -0.25) is 5.10 Å². The molecule has 0 atom stereocenters. The molecule has 0 aliphatic heterocycles. The van der Waals surface area contributed by atoms with Crippen LogP contribution in [0, 0.1) is 4.77 Å². The van der Waals surface area contributed by atoms with Gasteiger partial charge in [0.2, 0.25) is 4.77 Å². The van der Waals surface area contributed by atoms with Gasteiger partial charge in [0.15, 0.2) is 17.3 Å². The van der Waals surface area contributed by atoms with Crippen molar-refractivity contribution in [3.05, 3.63) is 92.6 Å². The van der Waals surface area contributed by atoms with Crippen molar-refractivity contribution in [2.45, 2.75) is 13.0 Å². The van der Waals surface area contributed by atoms with Crippen LogP contribution in [0.15, 0.2) is 71.1 Å². The molecule has 0 saturated heterocycles. The third-order valence-electron chi connectivity index (χ3n) is 4.38. The first-order valence-electron chi connectivity index (χ1n) is 9.31. The first-order chi connectivity index (χ1) is 14.7. The quantitative estimate of drug-likeness (QED) is 0.310. The highest BCUT2D eigenvalue weighted by Gasteiger charge is 2.08. The van der Waals surface area contributed by atoms with Crippen LogP contribution in [0.1, 0.15) is 21.8 Å². The number of thiophene rings is 1. The lowest BCUT2D eigenvalue weighted by Gasteiger charge is -2.11. The van der Waals surface area contributed by atoms with Crippen LogP contribution in [-0.2, 0) is 13.0 Å². The Kier molecular flexibility index (Phi) is 6.36. The molecule has 2 aromatic heterocycles. The monoisotopic (exact) mass is 436 g/mol. The van der Waals surface area contributed by atoms with Crippen LogP contribution < -0.4 is 9.47 Å². The number of H-pyrrole nitrogens is 1. The average Bonchev–Trinajstić information content (AvgIpc) is 3.42. The molecule has 6 nitrogen and oxygen atoms in total. The largest absolute Gasteiger partial charge is 0.493 e. The van der Waals surface area contributed by atoms with Gasteiger partial charge in [-0.1, -0.05) is 36.4 Å². The third kappa shape index (κ3) is 4.84. The van der Waals surface area contributed by atoms with Gasteiger partial charge >= 0.3 is 0 Å². The van der Waals surface area contributed by atoms with E-state index in [-0.39, 0.29) is 0 Å². The molecule has 1 N–H and O–H groups in total. The minimum absolute atomic E-state index is 0.451. The van der Waals surface area contributed by atoms with Gasteiger partial charge in [0, 0.05) is 11.3 Å². The molecule has 2 heterocycles. The molecule has 0 aliphatic carbocycles. The van der Waals surface area contributed by atoms with Crippen LogP contribution in [0.4, 0.5) is 0 Å². The molecule has 0 spiro atoms. The SMILES string of the molecule is COc1ccc(/C=N\n2c(Cc3cccs3)n[nH]c2=S)cc1OCc1ccccc1. The van der Waals surface area contributed by atoms with Crippen LogP contribution in [0.5, 0.6) is 11.5 Å². The number of benzene rings is 2. The van der Waals surface area contributed by atoms with E-state index in [1.807, 2.05) is 60.0 Å². The second-order valence-electron chi connectivity index (χ2n) is 6.44. The van der Waals surface area contributed by atoms with Gasteiger partial charge in [-0.05, 0) is 53.0 Å². The predicted octanol–water partition coefficient (Wildman–Crippen LogP) is 5.06. The maximum atomic E-state index is 5.98. The predicted molar refractivity (Wildman–Crippen MR) is 121 cm³/mol. The summed E-state index contributed by atoms with van der Waals surface area (Å²) in [6, 6.07) is 19.8. The number of ether oxygens (including phenoxy) is 2. The summed E-state index contributed by atoms with van der Waals surface area (Å²) < 4.78 is 13.5. The standard InChI is InChI=1S/C22H20N4O2S2/c1-27-19-10-9-17(12-20(19)28-15-16-6-3-2-4-7-16)14-23-26-21(24-25-22(26)29)13-18-8-5-11-30-18/h2-12,14H,13,15H2,1H3,(H,25,29)/b23-14-. The van der Waals surface area contributed by atoms with Crippen LogP contribution >= 0.6 is 23.6 Å². The normalized spacial score (nSPS) is 11.1. The Labute approximate surface area is 183 Å². The van der Waals surface area contributed by atoms with Crippen LogP contribution in [0.2, 0.25) is 0 Å². The Morgan fingerprint density at radius 2 is 2.00 bits per heavy atom. The van der Waals surface area contributed by atoms with Crippen molar-refractivity contribution in [1.82, 2.24) is 14.9 Å². The van der Waals surface area contributed by atoms with E-state index in [4.69, 9.17) is 21.7 Å². The molecule has 4 aromatic rings. The molecule has 2 aromatic carbocycles. The number of aromatic nitrogens is 3. The summed E-state index contributed by atoms with van der Waals surface area (Å²) in [6.07, 6.45) is 2.40. The highest BCUT2D eigenvalue weighted by atomic mass is 32.1. The van der Waals surface area contributed by atoms with Gasteiger partial charge in [0.1, 0.15) is 6.61 Å². The Hall–Kier alpha value is -3.23. The second-order valence-corrected chi connectivity index (χ2v) is 7.86. The molecular weight excluding hydrogens is 416 g/mol. The Morgan fingerprint density at radius 3 is 2.77 bits per heavy atom. The number of hydrogen-bond donors (Lipinski definition) is 1. The number of hydrogen-bond acceptors (Lipinski definition) is 6. The fourth-order valence-corrected chi connectivity index (χ4v) is 3.77. The summed E-state index contributed by atoms with van der Waals surface area (Å²) >= 11 is 7.01. The molecular formula is C22H20N4O2S2.